The second-order valence-corrected chi connectivity index (χ2v) is 2.02. The van der Waals surface area contributed by atoms with Crippen LogP contribution in [0.2, 0.25) is 0 Å². The van der Waals surface area contributed by atoms with Gasteiger partial charge in [0.25, 0.3) is 0 Å². The van der Waals surface area contributed by atoms with E-state index in [1.165, 1.54) is 13.2 Å². The molecular weight excluding hydrogens is 141 g/mol. The highest BCUT2D eigenvalue weighted by atomic mass is 16.5. The zero-order valence-electron chi connectivity index (χ0n) is 6.07. The molecule has 0 saturated heterocycles. The molecule has 1 aromatic carbocycles. The van der Waals surface area contributed by atoms with Crippen LogP contribution in [0.4, 0.5) is 5.69 Å². The van der Waals surface area contributed by atoms with E-state index in [9.17, 15) is 4.91 Å². The van der Waals surface area contributed by atoms with Crippen molar-refractivity contribution in [2.75, 3.05) is 7.11 Å². The van der Waals surface area contributed by atoms with Gasteiger partial charge in [0.1, 0.15) is 19.3 Å². The fraction of sp³-hybridized carbons (Fsp3) is 0.143. The molecule has 0 aliphatic heterocycles. The second-order valence-electron chi connectivity index (χ2n) is 2.02. The number of ether oxygens (including phenoxy) is 1. The summed E-state index contributed by atoms with van der Waals surface area (Å²) >= 11 is 0. The Labute approximate surface area is 65.8 Å². The van der Waals surface area contributed by atoms with E-state index in [-0.39, 0.29) is 0 Å². The highest BCUT2D eigenvalue weighted by molar-refractivity contribution is 6.34. The highest BCUT2D eigenvalue weighted by Crippen LogP contribution is 2.13. The van der Waals surface area contributed by atoms with Crippen molar-refractivity contribution in [3.05, 3.63) is 23.1 Å². The standard InChI is InChI=1S/C7H6BNO2/c1-11-7-3-2-5(9-10)4-6(7)8/h2-4H,1H3. The van der Waals surface area contributed by atoms with Crippen molar-refractivity contribution < 1.29 is 4.74 Å². The number of nitroso groups, excluding NO2 is 1. The summed E-state index contributed by atoms with van der Waals surface area (Å²) in [6.45, 7) is 0. The molecule has 1 aromatic rings. The van der Waals surface area contributed by atoms with E-state index in [0.29, 0.717) is 16.9 Å². The lowest BCUT2D eigenvalue weighted by molar-refractivity contribution is 0.418. The fourth-order valence-electron chi connectivity index (χ4n) is 0.779. The number of hydrogen-bond acceptors (Lipinski definition) is 3. The first-order chi connectivity index (χ1) is 5.27. The van der Waals surface area contributed by atoms with E-state index < -0.39 is 0 Å². The van der Waals surface area contributed by atoms with Crippen LogP contribution in [-0.2, 0) is 0 Å². The van der Waals surface area contributed by atoms with Gasteiger partial charge in [-0.3, -0.25) is 0 Å². The normalized spacial score (nSPS) is 9.18. The Bertz CT molecular complexity index is 275. The molecule has 11 heavy (non-hydrogen) atoms. The summed E-state index contributed by atoms with van der Waals surface area (Å²) in [4.78, 5) is 10.0. The van der Waals surface area contributed by atoms with Crippen molar-refractivity contribution in [3.63, 3.8) is 0 Å². The Morgan fingerprint density at radius 3 is 2.73 bits per heavy atom. The fourth-order valence-corrected chi connectivity index (χ4v) is 0.779. The van der Waals surface area contributed by atoms with E-state index in [1.807, 2.05) is 0 Å². The van der Waals surface area contributed by atoms with Crippen LogP contribution in [-0.4, -0.2) is 15.0 Å². The molecule has 0 N–H and O–H groups in total. The van der Waals surface area contributed by atoms with Crippen LogP contribution in [0, 0.1) is 4.91 Å². The Balaban J connectivity index is 3.09. The van der Waals surface area contributed by atoms with Crippen LogP contribution in [0.1, 0.15) is 0 Å². The third kappa shape index (κ3) is 1.58. The van der Waals surface area contributed by atoms with Gasteiger partial charge in [-0.2, -0.15) is 0 Å². The minimum absolute atomic E-state index is 0.309. The molecule has 0 aliphatic carbocycles. The average molecular weight is 147 g/mol. The van der Waals surface area contributed by atoms with Gasteiger partial charge in [-0.15, -0.1) is 4.91 Å². The second kappa shape index (κ2) is 3.19. The third-order valence-electron chi connectivity index (χ3n) is 1.32. The van der Waals surface area contributed by atoms with E-state index in [1.54, 1.807) is 12.1 Å². The molecule has 0 spiro atoms. The van der Waals surface area contributed by atoms with Crippen LogP contribution < -0.4 is 10.2 Å². The monoisotopic (exact) mass is 147 g/mol. The van der Waals surface area contributed by atoms with Crippen molar-refractivity contribution in [1.29, 1.82) is 0 Å². The van der Waals surface area contributed by atoms with E-state index in [0.717, 1.165) is 0 Å². The SMILES string of the molecule is [B]c1cc(N=O)ccc1OC. The minimum atomic E-state index is 0.309. The molecular formula is C7H6BNO2. The quantitative estimate of drug-likeness (QED) is 0.460. The summed E-state index contributed by atoms with van der Waals surface area (Å²) in [5.74, 6) is 0.553. The average Bonchev–Trinajstić information content (AvgIpc) is 2.04. The van der Waals surface area contributed by atoms with Gasteiger partial charge in [0.05, 0.1) is 7.11 Å². The third-order valence-corrected chi connectivity index (χ3v) is 1.32. The summed E-state index contributed by atoms with van der Waals surface area (Å²) in [6, 6.07) is 4.61. The van der Waals surface area contributed by atoms with Crippen molar-refractivity contribution in [1.82, 2.24) is 0 Å². The van der Waals surface area contributed by atoms with Gasteiger partial charge < -0.3 is 4.74 Å². The zero-order chi connectivity index (χ0) is 8.27. The lowest BCUT2D eigenvalue weighted by Crippen LogP contribution is -2.05. The predicted octanol–water partition coefficient (Wildman–Crippen LogP) is 0.887. The maximum atomic E-state index is 10.0. The zero-order valence-corrected chi connectivity index (χ0v) is 6.07. The van der Waals surface area contributed by atoms with Crippen LogP contribution in [0.3, 0.4) is 0 Å². The molecule has 0 heterocycles. The maximum Gasteiger partial charge on any atom is 0.119 e. The van der Waals surface area contributed by atoms with Crippen LogP contribution in [0.25, 0.3) is 0 Å². The summed E-state index contributed by atoms with van der Waals surface area (Å²) in [5.41, 5.74) is 0.730. The summed E-state index contributed by atoms with van der Waals surface area (Å²) in [6.07, 6.45) is 0. The van der Waals surface area contributed by atoms with Crippen molar-refractivity contribution in [2.24, 2.45) is 5.18 Å². The smallest absolute Gasteiger partial charge is 0.119 e. The number of benzene rings is 1. The molecule has 0 atom stereocenters. The van der Waals surface area contributed by atoms with Crippen molar-refractivity contribution >= 4 is 19.0 Å². The van der Waals surface area contributed by atoms with Gasteiger partial charge in [0.15, 0.2) is 0 Å². The maximum absolute atomic E-state index is 10.0. The molecule has 0 unspecified atom stereocenters. The molecule has 0 amide bonds. The van der Waals surface area contributed by atoms with Gasteiger partial charge in [-0.25, -0.2) is 0 Å². The van der Waals surface area contributed by atoms with Crippen LogP contribution >= 0.6 is 0 Å². The van der Waals surface area contributed by atoms with Crippen LogP contribution in [0.15, 0.2) is 23.4 Å². The molecule has 3 nitrogen and oxygen atoms in total. The van der Waals surface area contributed by atoms with E-state index in [4.69, 9.17) is 12.6 Å². The Morgan fingerprint density at radius 1 is 1.55 bits per heavy atom. The first kappa shape index (κ1) is 7.79. The largest absolute Gasteiger partial charge is 0.497 e. The Hall–Kier alpha value is -1.32. The van der Waals surface area contributed by atoms with Gasteiger partial charge in [-0.1, -0.05) is 5.46 Å². The summed E-state index contributed by atoms with van der Waals surface area (Å²) in [7, 11) is 7.00. The topological polar surface area (TPSA) is 38.7 Å². The Morgan fingerprint density at radius 2 is 2.27 bits per heavy atom. The number of rotatable bonds is 2. The molecule has 0 aromatic heterocycles. The van der Waals surface area contributed by atoms with Gasteiger partial charge in [0, 0.05) is 0 Å². The van der Waals surface area contributed by atoms with Gasteiger partial charge in [0.2, 0.25) is 0 Å². The molecule has 0 saturated carbocycles. The highest BCUT2D eigenvalue weighted by Gasteiger charge is 1.97. The van der Waals surface area contributed by atoms with Crippen molar-refractivity contribution in [2.45, 2.75) is 0 Å². The number of methoxy groups -OCH3 is 1. The molecule has 0 bridgehead atoms. The molecule has 2 radical (unpaired) electrons. The van der Waals surface area contributed by atoms with Gasteiger partial charge >= 0.3 is 0 Å². The van der Waals surface area contributed by atoms with E-state index in [2.05, 4.69) is 5.18 Å². The summed E-state index contributed by atoms with van der Waals surface area (Å²) < 4.78 is 4.88. The molecule has 1 rings (SSSR count). The predicted molar refractivity (Wildman–Crippen MR) is 43.8 cm³/mol. The summed E-state index contributed by atoms with van der Waals surface area (Å²) in [5, 5.41) is 2.72. The molecule has 4 heteroatoms. The molecule has 54 valence electrons. The van der Waals surface area contributed by atoms with Crippen LogP contribution in [0.5, 0.6) is 5.75 Å². The first-order valence-electron chi connectivity index (χ1n) is 3.05. The first-order valence-corrected chi connectivity index (χ1v) is 3.05. The lowest BCUT2D eigenvalue weighted by Gasteiger charge is -2.02. The minimum Gasteiger partial charge on any atom is -0.497 e. The van der Waals surface area contributed by atoms with Gasteiger partial charge in [-0.05, 0) is 23.4 Å². The lowest BCUT2D eigenvalue weighted by atomic mass is 9.95. The number of hydrogen-bond donors (Lipinski definition) is 0. The van der Waals surface area contributed by atoms with Crippen molar-refractivity contribution in [3.8, 4) is 5.75 Å². The molecule has 0 fully saturated rings. The Kier molecular flexibility index (Phi) is 2.26. The molecule has 0 aliphatic rings. The number of nitrogens with zero attached hydrogens (tertiary/aromatic N) is 1. The van der Waals surface area contributed by atoms with E-state index >= 15 is 0 Å².